The van der Waals surface area contributed by atoms with E-state index < -0.39 is 11.7 Å². The van der Waals surface area contributed by atoms with Gasteiger partial charge in [0.25, 0.3) is 0 Å². The van der Waals surface area contributed by atoms with Crippen LogP contribution < -0.4 is 10.5 Å². The normalized spacial score (nSPS) is 15.9. The van der Waals surface area contributed by atoms with Crippen molar-refractivity contribution in [1.82, 2.24) is 4.90 Å². The van der Waals surface area contributed by atoms with Crippen molar-refractivity contribution in [2.75, 3.05) is 13.1 Å². The quantitative estimate of drug-likeness (QED) is 0.905. The van der Waals surface area contributed by atoms with Crippen LogP contribution >= 0.6 is 0 Å². The van der Waals surface area contributed by atoms with Gasteiger partial charge in [-0.25, -0.2) is 8.78 Å². The highest BCUT2D eigenvalue weighted by atomic mass is 19.1. The molecule has 1 heterocycles. The number of piperidine rings is 1. The average molecular weight is 346 g/mol. The van der Waals surface area contributed by atoms with Crippen LogP contribution in [0.2, 0.25) is 0 Å². The molecule has 25 heavy (non-hydrogen) atoms. The zero-order chi connectivity index (χ0) is 17.8. The fourth-order valence-electron chi connectivity index (χ4n) is 2.96. The molecular weight excluding hydrogens is 326 g/mol. The van der Waals surface area contributed by atoms with E-state index in [0.29, 0.717) is 0 Å². The Balaban J connectivity index is 1.52. The molecule has 0 aromatic heterocycles. The number of nitrogens with zero attached hydrogens (tertiary/aromatic N) is 1. The molecule has 0 atom stereocenters. The first-order valence-electron chi connectivity index (χ1n) is 8.24. The molecule has 0 aliphatic carbocycles. The van der Waals surface area contributed by atoms with Crippen molar-refractivity contribution in [1.29, 1.82) is 0 Å². The molecule has 1 fully saturated rings. The Bertz CT molecular complexity index is 742. The van der Waals surface area contributed by atoms with Gasteiger partial charge in [-0.15, -0.1) is 0 Å². The van der Waals surface area contributed by atoms with Gasteiger partial charge in [0.2, 0.25) is 5.91 Å². The van der Waals surface area contributed by atoms with Gasteiger partial charge < -0.3 is 10.5 Å². The highest BCUT2D eigenvalue weighted by Gasteiger charge is 2.22. The van der Waals surface area contributed by atoms with Gasteiger partial charge in [-0.1, -0.05) is 12.1 Å². The second-order valence-electron chi connectivity index (χ2n) is 6.23. The number of hydrogen-bond donors (Lipinski definition) is 1. The number of nitrogens with two attached hydrogens (primary N) is 1. The standard InChI is InChI=1S/C19H20F2N2O2/c20-15-4-1-13(2-5-15)12-23-9-7-16(8-10-23)25-18-6-3-14(19(22)24)11-17(18)21/h1-6,11,16H,7-10,12H2,(H2,22,24). The van der Waals surface area contributed by atoms with E-state index in [-0.39, 0.29) is 23.2 Å². The third kappa shape index (κ3) is 4.54. The first kappa shape index (κ1) is 17.4. The van der Waals surface area contributed by atoms with Gasteiger partial charge in [0.05, 0.1) is 0 Å². The number of likely N-dealkylation sites (tertiary alicyclic amines) is 1. The summed E-state index contributed by atoms with van der Waals surface area (Å²) in [6.07, 6.45) is 1.48. The van der Waals surface area contributed by atoms with Gasteiger partial charge in [-0.2, -0.15) is 0 Å². The van der Waals surface area contributed by atoms with Gasteiger partial charge in [-0.05, 0) is 48.7 Å². The number of hydrogen-bond acceptors (Lipinski definition) is 3. The van der Waals surface area contributed by atoms with Gasteiger partial charge in [-0.3, -0.25) is 9.69 Å². The van der Waals surface area contributed by atoms with Crippen LogP contribution in [0.5, 0.6) is 5.75 Å². The molecule has 2 aromatic rings. The van der Waals surface area contributed by atoms with E-state index in [1.807, 2.05) is 0 Å². The Morgan fingerprint density at radius 3 is 2.40 bits per heavy atom. The number of halogens is 2. The summed E-state index contributed by atoms with van der Waals surface area (Å²) in [4.78, 5) is 13.3. The minimum absolute atomic E-state index is 0.0709. The van der Waals surface area contributed by atoms with Gasteiger partial charge in [0.15, 0.2) is 11.6 Å². The Morgan fingerprint density at radius 2 is 1.80 bits per heavy atom. The predicted octanol–water partition coefficient (Wildman–Crippen LogP) is 3.11. The molecule has 0 radical (unpaired) electrons. The maximum atomic E-state index is 14.0. The molecule has 132 valence electrons. The van der Waals surface area contributed by atoms with Crippen LogP contribution in [-0.4, -0.2) is 30.0 Å². The van der Waals surface area contributed by atoms with Crippen molar-refractivity contribution < 1.29 is 18.3 Å². The lowest BCUT2D eigenvalue weighted by molar-refractivity contribution is 0.0933. The largest absolute Gasteiger partial charge is 0.487 e. The highest BCUT2D eigenvalue weighted by molar-refractivity contribution is 5.92. The molecule has 0 saturated carbocycles. The van der Waals surface area contributed by atoms with Crippen molar-refractivity contribution in [3.8, 4) is 5.75 Å². The fourth-order valence-corrected chi connectivity index (χ4v) is 2.96. The number of carbonyl (C=O) groups excluding carboxylic acids is 1. The molecule has 1 amide bonds. The molecular formula is C19H20F2N2O2. The van der Waals surface area contributed by atoms with Crippen LogP contribution in [0.15, 0.2) is 42.5 Å². The summed E-state index contributed by atoms with van der Waals surface area (Å²) in [6.45, 7) is 2.40. The maximum absolute atomic E-state index is 14.0. The van der Waals surface area contributed by atoms with Gasteiger partial charge in [0, 0.05) is 25.2 Å². The van der Waals surface area contributed by atoms with E-state index in [0.717, 1.165) is 44.1 Å². The zero-order valence-electron chi connectivity index (χ0n) is 13.8. The second kappa shape index (κ2) is 7.61. The Hall–Kier alpha value is -2.47. The predicted molar refractivity (Wildman–Crippen MR) is 90.2 cm³/mol. The van der Waals surface area contributed by atoms with E-state index in [1.54, 1.807) is 12.1 Å². The van der Waals surface area contributed by atoms with Crippen LogP contribution in [0.3, 0.4) is 0 Å². The van der Waals surface area contributed by atoms with Crippen molar-refractivity contribution in [3.63, 3.8) is 0 Å². The Kier molecular flexibility index (Phi) is 5.28. The summed E-state index contributed by atoms with van der Waals surface area (Å²) in [5.74, 6) is -1.34. The van der Waals surface area contributed by atoms with E-state index in [2.05, 4.69) is 4.90 Å². The first-order chi connectivity index (χ1) is 12.0. The van der Waals surface area contributed by atoms with Crippen LogP contribution in [0.1, 0.15) is 28.8 Å². The molecule has 2 N–H and O–H groups in total. The Morgan fingerprint density at radius 1 is 1.12 bits per heavy atom. The summed E-state index contributed by atoms with van der Waals surface area (Å²) >= 11 is 0. The lowest BCUT2D eigenvalue weighted by Gasteiger charge is -2.32. The van der Waals surface area contributed by atoms with Crippen LogP contribution in [0.4, 0.5) is 8.78 Å². The van der Waals surface area contributed by atoms with Crippen molar-refractivity contribution in [3.05, 3.63) is 65.2 Å². The summed E-state index contributed by atoms with van der Waals surface area (Å²) in [7, 11) is 0. The maximum Gasteiger partial charge on any atom is 0.248 e. The number of amides is 1. The second-order valence-corrected chi connectivity index (χ2v) is 6.23. The molecule has 1 aliphatic rings. The zero-order valence-corrected chi connectivity index (χ0v) is 13.8. The molecule has 0 spiro atoms. The monoisotopic (exact) mass is 346 g/mol. The number of primary amides is 1. The average Bonchev–Trinajstić information content (AvgIpc) is 2.60. The topological polar surface area (TPSA) is 55.6 Å². The van der Waals surface area contributed by atoms with Gasteiger partial charge >= 0.3 is 0 Å². The summed E-state index contributed by atoms with van der Waals surface area (Å²) < 4.78 is 32.7. The number of carbonyl (C=O) groups is 1. The Labute approximate surface area is 145 Å². The molecule has 3 rings (SSSR count). The molecule has 1 saturated heterocycles. The SMILES string of the molecule is NC(=O)c1ccc(OC2CCN(Cc3ccc(F)cc3)CC2)c(F)c1. The van der Waals surface area contributed by atoms with Crippen LogP contribution in [0, 0.1) is 11.6 Å². The van der Waals surface area contributed by atoms with Crippen LogP contribution in [0.25, 0.3) is 0 Å². The minimum Gasteiger partial charge on any atom is -0.487 e. The first-order valence-corrected chi connectivity index (χ1v) is 8.24. The summed E-state index contributed by atoms with van der Waals surface area (Å²) in [6, 6.07) is 10.5. The molecule has 4 nitrogen and oxygen atoms in total. The smallest absolute Gasteiger partial charge is 0.248 e. The van der Waals surface area contributed by atoms with Crippen molar-refractivity contribution in [2.24, 2.45) is 5.73 Å². The molecule has 0 bridgehead atoms. The van der Waals surface area contributed by atoms with Crippen molar-refractivity contribution in [2.45, 2.75) is 25.5 Å². The number of rotatable bonds is 5. The van der Waals surface area contributed by atoms with Crippen LogP contribution in [-0.2, 0) is 6.54 Å². The van der Waals surface area contributed by atoms with Crippen molar-refractivity contribution >= 4 is 5.91 Å². The van der Waals surface area contributed by atoms with E-state index in [9.17, 15) is 13.6 Å². The molecule has 6 heteroatoms. The number of ether oxygens (including phenoxy) is 1. The highest BCUT2D eigenvalue weighted by Crippen LogP contribution is 2.23. The summed E-state index contributed by atoms with van der Waals surface area (Å²) in [5, 5.41) is 0. The third-order valence-electron chi connectivity index (χ3n) is 4.36. The van der Waals surface area contributed by atoms with E-state index >= 15 is 0 Å². The van der Waals surface area contributed by atoms with Gasteiger partial charge in [0.1, 0.15) is 11.9 Å². The molecule has 0 unspecified atom stereocenters. The van der Waals surface area contributed by atoms with E-state index in [4.69, 9.17) is 10.5 Å². The lowest BCUT2D eigenvalue weighted by Crippen LogP contribution is -2.37. The number of benzene rings is 2. The third-order valence-corrected chi connectivity index (χ3v) is 4.36. The summed E-state index contributed by atoms with van der Waals surface area (Å²) in [5.41, 5.74) is 6.32. The molecule has 1 aliphatic heterocycles. The minimum atomic E-state index is -0.667. The molecule has 2 aromatic carbocycles. The lowest BCUT2D eigenvalue weighted by atomic mass is 10.1. The fraction of sp³-hybridized carbons (Fsp3) is 0.316. The van der Waals surface area contributed by atoms with E-state index in [1.165, 1.54) is 24.3 Å².